The number of fused-ring (bicyclic) bond motifs is 2. The standard InChI is InChI=1S/C20H30/c1-7-19(5)12-10-17-13-18(19)16(4)14-20(17,6)11-8-9-15(2)3/h7-9,11,17-18H,1,4,10,12-14H2,2-3,5-6H3. The van der Waals surface area contributed by atoms with Gasteiger partial charge in [-0.25, -0.2) is 0 Å². The van der Waals surface area contributed by atoms with Crippen LogP contribution in [0.4, 0.5) is 0 Å². The van der Waals surface area contributed by atoms with Gasteiger partial charge in [0.25, 0.3) is 0 Å². The van der Waals surface area contributed by atoms with Gasteiger partial charge in [-0.15, -0.1) is 6.58 Å². The Morgan fingerprint density at radius 2 is 1.95 bits per heavy atom. The summed E-state index contributed by atoms with van der Waals surface area (Å²) in [7, 11) is 0. The molecule has 0 radical (unpaired) electrons. The summed E-state index contributed by atoms with van der Waals surface area (Å²) < 4.78 is 0. The Bertz CT molecular complexity index is 460. The number of hydrogen-bond acceptors (Lipinski definition) is 0. The fourth-order valence-electron chi connectivity index (χ4n) is 4.22. The van der Waals surface area contributed by atoms with Gasteiger partial charge in [0.2, 0.25) is 0 Å². The minimum atomic E-state index is 0.276. The summed E-state index contributed by atoms with van der Waals surface area (Å²) in [6.07, 6.45) is 14.1. The molecule has 2 bridgehead atoms. The van der Waals surface area contributed by atoms with Crippen molar-refractivity contribution in [1.29, 1.82) is 0 Å². The summed E-state index contributed by atoms with van der Waals surface area (Å²) >= 11 is 0. The van der Waals surface area contributed by atoms with Crippen molar-refractivity contribution in [2.45, 2.75) is 53.4 Å². The number of allylic oxidation sites excluding steroid dienone is 6. The third kappa shape index (κ3) is 2.71. The highest BCUT2D eigenvalue weighted by Gasteiger charge is 2.48. The minimum Gasteiger partial charge on any atom is -0.103 e. The fourth-order valence-corrected chi connectivity index (χ4v) is 4.22. The lowest BCUT2D eigenvalue weighted by molar-refractivity contribution is 0.0524. The summed E-state index contributed by atoms with van der Waals surface area (Å²) in [6.45, 7) is 17.6. The minimum absolute atomic E-state index is 0.276. The molecule has 20 heavy (non-hydrogen) atoms. The molecule has 0 heteroatoms. The first-order chi connectivity index (χ1) is 9.31. The molecular weight excluding hydrogens is 240 g/mol. The van der Waals surface area contributed by atoms with E-state index in [9.17, 15) is 0 Å². The smallest absolute Gasteiger partial charge is 0.00778 e. The summed E-state index contributed by atoms with van der Waals surface area (Å²) in [4.78, 5) is 0. The maximum absolute atomic E-state index is 4.42. The lowest BCUT2D eigenvalue weighted by Gasteiger charge is -2.54. The van der Waals surface area contributed by atoms with Gasteiger partial charge < -0.3 is 0 Å². The van der Waals surface area contributed by atoms with Crippen molar-refractivity contribution in [3.8, 4) is 0 Å². The van der Waals surface area contributed by atoms with Crippen molar-refractivity contribution < 1.29 is 0 Å². The molecule has 0 heterocycles. The fraction of sp³-hybridized carbons (Fsp3) is 0.600. The maximum Gasteiger partial charge on any atom is -0.00778 e. The average molecular weight is 270 g/mol. The largest absolute Gasteiger partial charge is 0.103 e. The normalized spacial score (nSPS) is 40.7. The molecule has 2 fully saturated rings. The highest BCUT2D eigenvalue weighted by atomic mass is 14.5. The molecule has 110 valence electrons. The van der Waals surface area contributed by atoms with Crippen LogP contribution in [0.25, 0.3) is 0 Å². The predicted molar refractivity (Wildman–Crippen MR) is 89.6 cm³/mol. The van der Waals surface area contributed by atoms with E-state index in [4.69, 9.17) is 0 Å². The van der Waals surface area contributed by atoms with Crippen molar-refractivity contribution in [2.75, 3.05) is 0 Å². The molecule has 0 aromatic rings. The Hall–Kier alpha value is -1.04. The van der Waals surface area contributed by atoms with Crippen LogP contribution in [0.15, 0.2) is 48.6 Å². The van der Waals surface area contributed by atoms with E-state index in [2.05, 4.69) is 65.2 Å². The van der Waals surface area contributed by atoms with Crippen molar-refractivity contribution in [2.24, 2.45) is 22.7 Å². The summed E-state index contributed by atoms with van der Waals surface area (Å²) in [5, 5.41) is 0. The lowest BCUT2D eigenvalue weighted by Crippen LogP contribution is -2.44. The highest BCUT2D eigenvalue weighted by Crippen LogP contribution is 2.58. The second kappa shape index (κ2) is 5.39. The third-order valence-electron chi connectivity index (χ3n) is 5.75. The topological polar surface area (TPSA) is 0 Å². The van der Waals surface area contributed by atoms with Gasteiger partial charge in [0.15, 0.2) is 0 Å². The van der Waals surface area contributed by atoms with Crippen LogP contribution in [0.1, 0.15) is 53.4 Å². The third-order valence-corrected chi connectivity index (χ3v) is 5.75. The van der Waals surface area contributed by atoms with Gasteiger partial charge in [-0.3, -0.25) is 0 Å². The molecule has 2 rings (SSSR count). The van der Waals surface area contributed by atoms with E-state index in [0.29, 0.717) is 11.3 Å². The highest BCUT2D eigenvalue weighted by molar-refractivity contribution is 5.24. The molecule has 0 N–H and O–H groups in total. The van der Waals surface area contributed by atoms with Gasteiger partial charge >= 0.3 is 0 Å². The van der Waals surface area contributed by atoms with Crippen molar-refractivity contribution in [3.63, 3.8) is 0 Å². The van der Waals surface area contributed by atoms with Gasteiger partial charge in [-0.2, -0.15) is 0 Å². The van der Waals surface area contributed by atoms with Crippen LogP contribution in [-0.4, -0.2) is 0 Å². The number of hydrogen-bond donors (Lipinski definition) is 0. The van der Waals surface area contributed by atoms with Crippen LogP contribution in [0.5, 0.6) is 0 Å². The zero-order chi connectivity index (χ0) is 15.0. The van der Waals surface area contributed by atoms with E-state index in [-0.39, 0.29) is 5.41 Å². The van der Waals surface area contributed by atoms with E-state index in [0.717, 1.165) is 12.3 Å². The Morgan fingerprint density at radius 3 is 2.55 bits per heavy atom. The molecule has 0 saturated heterocycles. The van der Waals surface area contributed by atoms with Crippen LogP contribution < -0.4 is 0 Å². The van der Waals surface area contributed by atoms with Crippen molar-refractivity contribution in [1.82, 2.24) is 0 Å². The molecule has 2 saturated carbocycles. The lowest BCUT2D eigenvalue weighted by atomic mass is 9.51. The first kappa shape index (κ1) is 15.4. The molecule has 0 aliphatic heterocycles. The molecule has 4 atom stereocenters. The van der Waals surface area contributed by atoms with Crippen molar-refractivity contribution in [3.05, 3.63) is 48.6 Å². The zero-order valence-electron chi connectivity index (χ0n) is 13.7. The van der Waals surface area contributed by atoms with E-state index < -0.39 is 0 Å². The molecule has 2 aliphatic carbocycles. The molecule has 0 aromatic heterocycles. The van der Waals surface area contributed by atoms with Crippen LogP contribution in [0.3, 0.4) is 0 Å². The van der Waals surface area contributed by atoms with Crippen LogP contribution in [-0.2, 0) is 0 Å². The molecule has 0 amide bonds. The Kier molecular flexibility index (Phi) is 4.14. The SMILES string of the molecule is C=CC1(C)CCC2CC1C(=C)CC2(C)C=CC=C(C)C. The van der Waals surface area contributed by atoms with Crippen LogP contribution in [0.2, 0.25) is 0 Å². The second-order valence-electron chi connectivity index (χ2n) is 7.68. The van der Waals surface area contributed by atoms with Crippen molar-refractivity contribution >= 4 is 0 Å². The molecule has 2 aliphatic rings. The van der Waals surface area contributed by atoms with Crippen LogP contribution >= 0.6 is 0 Å². The zero-order valence-corrected chi connectivity index (χ0v) is 13.7. The van der Waals surface area contributed by atoms with E-state index in [1.807, 2.05) is 0 Å². The Morgan fingerprint density at radius 1 is 1.25 bits per heavy atom. The average Bonchev–Trinajstić information content (AvgIpc) is 2.37. The first-order valence-electron chi connectivity index (χ1n) is 7.95. The van der Waals surface area contributed by atoms with Gasteiger partial charge in [0.1, 0.15) is 0 Å². The molecule has 4 unspecified atom stereocenters. The van der Waals surface area contributed by atoms with Crippen LogP contribution in [0, 0.1) is 22.7 Å². The van der Waals surface area contributed by atoms with E-state index in [1.54, 1.807) is 0 Å². The van der Waals surface area contributed by atoms with E-state index >= 15 is 0 Å². The number of rotatable bonds is 3. The quantitative estimate of drug-likeness (QED) is 0.430. The van der Waals surface area contributed by atoms with Gasteiger partial charge in [0, 0.05) is 0 Å². The summed E-state index contributed by atoms with van der Waals surface area (Å²) in [5.74, 6) is 1.44. The Balaban J connectivity index is 2.22. The molecule has 0 aromatic carbocycles. The Labute approximate surface area is 125 Å². The van der Waals surface area contributed by atoms with Gasteiger partial charge in [-0.05, 0) is 62.2 Å². The second-order valence-corrected chi connectivity index (χ2v) is 7.68. The molecule has 0 nitrogen and oxygen atoms in total. The molecule has 0 spiro atoms. The summed E-state index contributed by atoms with van der Waals surface area (Å²) in [5.41, 5.74) is 3.37. The first-order valence-corrected chi connectivity index (χ1v) is 7.95. The maximum atomic E-state index is 4.42. The van der Waals surface area contributed by atoms with Gasteiger partial charge in [-0.1, -0.05) is 55.9 Å². The predicted octanol–water partition coefficient (Wildman–Crippen LogP) is 6.08. The summed E-state index contributed by atoms with van der Waals surface area (Å²) in [6, 6.07) is 0. The van der Waals surface area contributed by atoms with Gasteiger partial charge in [0.05, 0.1) is 0 Å². The molecular formula is C20H30. The van der Waals surface area contributed by atoms with E-state index in [1.165, 1.54) is 30.4 Å². The monoisotopic (exact) mass is 270 g/mol.